The van der Waals surface area contributed by atoms with Gasteiger partial charge in [-0.2, -0.15) is 13.2 Å². The number of urea groups is 1. The Hall–Kier alpha value is -5.71. The highest BCUT2D eigenvalue weighted by Gasteiger charge is 2.32. The van der Waals surface area contributed by atoms with Crippen LogP contribution in [0.2, 0.25) is 0 Å². The van der Waals surface area contributed by atoms with Gasteiger partial charge in [0, 0.05) is 35.6 Å². The quantitative estimate of drug-likeness (QED) is 0.140. The summed E-state index contributed by atoms with van der Waals surface area (Å²) in [5.74, 6) is -0.741. The second kappa shape index (κ2) is 12.6. The number of hydrogen-bond acceptors (Lipinski definition) is 4. The van der Waals surface area contributed by atoms with Gasteiger partial charge in [-0.3, -0.25) is 4.79 Å². The van der Waals surface area contributed by atoms with Crippen molar-refractivity contribution < 1.29 is 27.8 Å². The van der Waals surface area contributed by atoms with E-state index in [1.807, 2.05) is 54.6 Å². The van der Waals surface area contributed by atoms with E-state index in [0.717, 1.165) is 40.2 Å². The molecular weight excluding hydrogens is 609 g/mol. The first-order chi connectivity index (χ1) is 22.6. The number of carbonyl (C=O) groups is 1. The number of carbonyl (C=O) groups excluding carboxylic acids is 1. The van der Waals surface area contributed by atoms with E-state index in [-0.39, 0.29) is 34.9 Å². The normalized spacial score (nSPS) is 12.3. The van der Waals surface area contributed by atoms with Gasteiger partial charge < -0.3 is 30.0 Å². The number of aryl methyl sites for hydroxylation is 1. The second-order valence-electron chi connectivity index (χ2n) is 11.1. The number of H-pyrrole nitrogens is 1. The van der Waals surface area contributed by atoms with Gasteiger partial charge in [-0.05, 0) is 53.9 Å². The molecule has 0 radical (unpaired) electrons. The largest absolute Gasteiger partial charge is 0.507 e. The number of rotatable bonds is 8. The molecule has 8 nitrogen and oxygen atoms in total. The molecule has 0 saturated heterocycles. The third-order valence-corrected chi connectivity index (χ3v) is 8.30. The maximum absolute atomic E-state index is 14.0. The number of halogens is 3. The Balaban J connectivity index is 1.38. The molecular formula is C36H31F3N4O4. The SMILES string of the molecule is COc1ccc(C(F)(F)F)cc1NC(=O)NCCc1c(C(c2ccccc2)c2c(O)c3ccccc3n(C)c2=O)[nH]c2ccccc12. The molecule has 1 unspecified atom stereocenters. The Kier molecular flexibility index (Phi) is 8.38. The number of hydrogen-bond donors (Lipinski definition) is 4. The van der Waals surface area contributed by atoms with E-state index in [1.165, 1.54) is 11.7 Å². The Labute approximate surface area is 267 Å². The number of benzene rings is 4. The lowest BCUT2D eigenvalue weighted by Gasteiger charge is -2.22. The zero-order chi connectivity index (χ0) is 33.3. The number of amides is 2. The van der Waals surface area contributed by atoms with Gasteiger partial charge in [0.1, 0.15) is 11.5 Å². The summed E-state index contributed by atoms with van der Waals surface area (Å²) in [6.07, 6.45) is -4.30. The van der Waals surface area contributed by atoms with Crippen LogP contribution in [0.1, 0.15) is 33.9 Å². The van der Waals surface area contributed by atoms with Crippen LogP contribution in [0.15, 0.2) is 102 Å². The molecule has 11 heteroatoms. The van der Waals surface area contributed by atoms with Gasteiger partial charge in [-0.1, -0.05) is 60.7 Å². The Morgan fingerprint density at radius 2 is 1.64 bits per heavy atom. The molecule has 0 bridgehead atoms. The minimum atomic E-state index is -4.60. The fourth-order valence-corrected chi connectivity index (χ4v) is 6.07. The first kappa shape index (κ1) is 31.3. The van der Waals surface area contributed by atoms with Crippen LogP contribution in [0, 0.1) is 0 Å². The summed E-state index contributed by atoms with van der Waals surface area (Å²) in [6.45, 7) is 0.102. The summed E-state index contributed by atoms with van der Waals surface area (Å²) >= 11 is 0. The molecule has 2 aromatic heterocycles. The van der Waals surface area contributed by atoms with E-state index in [4.69, 9.17) is 4.74 Å². The van der Waals surface area contributed by atoms with E-state index >= 15 is 0 Å². The summed E-state index contributed by atoms with van der Waals surface area (Å²) < 4.78 is 46.6. The molecule has 0 aliphatic rings. The average molecular weight is 641 g/mol. The van der Waals surface area contributed by atoms with E-state index < -0.39 is 23.7 Å². The lowest BCUT2D eigenvalue weighted by molar-refractivity contribution is -0.137. The van der Waals surface area contributed by atoms with Gasteiger partial charge in [0.2, 0.25) is 0 Å². The Bertz CT molecular complexity index is 2160. The molecule has 4 N–H and O–H groups in total. The number of nitrogens with one attached hydrogen (secondary N) is 3. The predicted molar refractivity (Wildman–Crippen MR) is 175 cm³/mol. The van der Waals surface area contributed by atoms with Crippen LogP contribution in [-0.4, -0.2) is 34.3 Å². The lowest BCUT2D eigenvalue weighted by atomic mass is 9.85. The molecule has 6 rings (SSSR count). The molecule has 1 atom stereocenters. The molecule has 2 amide bonds. The van der Waals surface area contributed by atoms with Crippen LogP contribution in [0.5, 0.6) is 11.5 Å². The standard InChI is InChI=1S/C36H31F3N4O4/c1-43-28-15-9-7-13-25(28)33(44)31(34(43)45)30(21-10-4-3-5-11-21)32-24(23-12-6-8-14-26(23)41-32)18-19-40-35(46)42-27-20-22(36(37,38)39)16-17-29(27)47-2/h3-17,20,30,41,44H,18-19H2,1-2H3,(H2,40,42,46). The predicted octanol–water partition coefficient (Wildman–Crippen LogP) is 7.30. The molecule has 0 fully saturated rings. The van der Waals surface area contributed by atoms with Crippen LogP contribution < -0.4 is 20.9 Å². The van der Waals surface area contributed by atoms with Crippen LogP contribution in [0.3, 0.4) is 0 Å². The summed E-state index contributed by atoms with van der Waals surface area (Å²) in [5, 5.41) is 18.2. The molecule has 6 aromatic rings. The number of ether oxygens (including phenoxy) is 1. The van der Waals surface area contributed by atoms with Crippen molar-refractivity contribution in [3.8, 4) is 11.5 Å². The van der Waals surface area contributed by atoms with Crippen molar-refractivity contribution in [3.05, 3.63) is 135 Å². The van der Waals surface area contributed by atoms with Gasteiger partial charge in [0.05, 0.1) is 35.4 Å². The topological polar surface area (TPSA) is 108 Å². The number of anilines is 1. The highest BCUT2D eigenvalue weighted by atomic mass is 19.4. The third kappa shape index (κ3) is 5.99. The van der Waals surface area contributed by atoms with Crippen molar-refractivity contribution in [1.82, 2.24) is 14.9 Å². The molecule has 2 heterocycles. The number of para-hydroxylation sites is 2. The summed E-state index contributed by atoms with van der Waals surface area (Å²) in [4.78, 5) is 30.4. The van der Waals surface area contributed by atoms with Crippen molar-refractivity contribution in [1.29, 1.82) is 0 Å². The maximum Gasteiger partial charge on any atom is 0.416 e. The van der Waals surface area contributed by atoms with Crippen molar-refractivity contribution in [2.75, 3.05) is 19.0 Å². The van der Waals surface area contributed by atoms with E-state index in [1.54, 1.807) is 31.3 Å². The number of aromatic nitrogens is 2. The monoisotopic (exact) mass is 640 g/mol. The van der Waals surface area contributed by atoms with Crippen molar-refractivity contribution in [2.45, 2.75) is 18.5 Å². The second-order valence-corrected chi connectivity index (χ2v) is 11.1. The zero-order valence-corrected chi connectivity index (χ0v) is 25.5. The third-order valence-electron chi connectivity index (χ3n) is 8.30. The molecule has 0 saturated carbocycles. The van der Waals surface area contributed by atoms with Crippen molar-refractivity contribution in [2.24, 2.45) is 7.05 Å². The molecule has 4 aromatic carbocycles. The van der Waals surface area contributed by atoms with E-state index in [0.29, 0.717) is 23.0 Å². The van der Waals surface area contributed by atoms with Gasteiger partial charge in [0.15, 0.2) is 0 Å². The number of alkyl halides is 3. The molecule has 0 spiro atoms. The van der Waals surface area contributed by atoms with E-state index in [9.17, 15) is 27.9 Å². The van der Waals surface area contributed by atoms with Crippen LogP contribution in [0.25, 0.3) is 21.8 Å². The minimum Gasteiger partial charge on any atom is -0.507 e. The van der Waals surface area contributed by atoms with Gasteiger partial charge in [-0.25, -0.2) is 4.79 Å². The van der Waals surface area contributed by atoms with Crippen molar-refractivity contribution >= 4 is 33.5 Å². The number of aromatic hydroxyl groups is 1. The molecule has 0 aliphatic heterocycles. The van der Waals surface area contributed by atoms with Crippen LogP contribution >= 0.6 is 0 Å². The number of fused-ring (bicyclic) bond motifs is 2. The van der Waals surface area contributed by atoms with Gasteiger partial charge in [-0.15, -0.1) is 0 Å². The molecule has 0 aliphatic carbocycles. The number of aromatic amines is 1. The Morgan fingerprint density at radius 3 is 2.36 bits per heavy atom. The fourth-order valence-electron chi connectivity index (χ4n) is 6.07. The van der Waals surface area contributed by atoms with E-state index in [2.05, 4.69) is 15.6 Å². The smallest absolute Gasteiger partial charge is 0.416 e. The summed E-state index contributed by atoms with van der Waals surface area (Å²) in [6, 6.07) is 26.2. The first-order valence-electron chi connectivity index (χ1n) is 14.8. The average Bonchev–Trinajstić information content (AvgIpc) is 3.43. The summed E-state index contributed by atoms with van der Waals surface area (Å²) in [7, 11) is 2.97. The number of methoxy groups -OCH3 is 1. The minimum absolute atomic E-state index is 0.0783. The number of pyridine rings is 1. The van der Waals surface area contributed by atoms with Gasteiger partial charge in [0.25, 0.3) is 5.56 Å². The highest BCUT2D eigenvalue weighted by molar-refractivity contribution is 5.91. The zero-order valence-electron chi connectivity index (χ0n) is 25.5. The maximum atomic E-state index is 14.0. The van der Waals surface area contributed by atoms with Crippen LogP contribution in [0.4, 0.5) is 23.7 Å². The lowest BCUT2D eigenvalue weighted by Crippen LogP contribution is -2.31. The Morgan fingerprint density at radius 1 is 0.957 bits per heavy atom. The molecule has 240 valence electrons. The molecule has 47 heavy (non-hydrogen) atoms. The van der Waals surface area contributed by atoms with Crippen LogP contribution in [-0.2, 0) is 19.6 Å². The van der Waals surface area contributed by atoms with Crippen molar-refractivity contribution in [3.63, 3.8) is 0 Å². The number of nitrogens with zero attached hydrogens (tertiary/aromatic N) is 1. The highest BCUT2D eigenvalue weighted by Crippen LogP contribution is 2.41. The summed E-state index contributed by atoms with van der Waals surface area (Å²) in [5.41, 5.74) is 2.43. The van der Waals surface area contributed by atoms with Gasteiger partial charge >= 0.3 is 12.2 Å². The first-order valence-corrected chi connectivity index (χ1v) is 14.8. The fraction of sp³-hybridized carbons (Fsp3) is 0.167.